The van der Waals surface area contributed by atoms with Gasteiger partial charge < -0.3 is 20.0 Å². The number of aliphatic carboxylic acids is 1. The van der Waals surface area contributed by atoms with Crippen molar-refractivity contribution in [1.29, 1.82) is 0 Å². The number of ether oxygens (including phenoxy) is 1. The van der Waals surface area contributed by atoms with Crippen LogP contribution in [0, 0.1) is 5.92 Å². The van der Waals surface area contributed by atoms with Gasteiger partial charge in [0.25, 0.3) is 0 Å². The number of rotatable bonds is 6. The van der Waals surface area contributed by atoms with Crippen LogP contribution in [0.1, 0.15) is 32.6 Å². The van der Waals surface area contributed by atoms with Crippen molar-refractivity contribution in [3.8, 4) is 0 Å². The highest BCUT2D eigenvalue weighted by molar-refractivity contribution is 5.79. The molecule has 15 heavy (non-hydrogen) atoms. The molecule has 1 rings (SSSR count). The Hall–Kier alpha value is -1.26. The van der Waals surface area contributed by atoms with Crippen molar-refractivity contribution in [1.82, 2.24) is 5.32 Å². The molecule has 0 aliphatic heterocycles. The molecule has 5 heteroatoms. The van der Waals surface area contributed by atoms with Gasteiger partial charge in [0.2, 0.25) is 0 Å². The lowest BCUT2D eigenvalue weighted by Crippen LogP contribution is -2.49. The van der Waals surface area contributed by atoms with Gasteiger partial charge in [-0.05, 0) is 25.2 Å². The number of amides is 1. The summed E-state index contributed by atoms with van der Waals surface area (Å²) in [6, 6.07) is -0.890. The molecule has 0 spiro atoms. The third kappa shape index (κ3) is 4.18. The number of alkyl carbamates (subject to hydrolysis) is 1. The molecule has 0 unspecified atom stereocenters. The van der Waals surface area contributed by atoms with Crippen LogP contribution in [-0.4, -0.2) is 24.7 Å². The number of carbonyl (C=O) groups is 2. The third-order valence-corrected chi connectivity index (χ3v) is 2.35. The van der Waals surface area contributed by atoms with Crippen molar-refractivity contribution in [2.75, 3.05) is 6.61 Å². The maximum atomic E-state index is 11.1. The summed E-state index contributed by atoms with van der Waals surface area (Å²) in [6.45, 7) is 2.31. The Balaban J connectivity index is 2.24. The summed E-state index contributed by atoms with van der Waals surface area (Å²) in [7, 11) is 0. The molecule has 0 radical (unpaired) electrons. The van der Waals surface area contributed by atoms with Crippen LogP contribution in [0.15, 0.2) is 0 Å². The minimum atomic E-state index is -1.23. The zero-order chi connectivity index (χ0) is 11.3. The Morgan fingerprint density at radius 3 is 2.67 bits per heavy atom. The quantitative estimate of drug-likeness (QED) is 0.633. The Kier molecular flexibility index (Phi) is 4.39. The second-order valence-electron chi connectivity index (χ2n) is 3.77. The van der Waals surface area contributed by atoms with E-state index in [0.717, 1.165) is 25.7 Å². The fourth-order valence-corrected chi connectivity index (χ4v) is 1.28. The van der Waals surface area contributed by atoms with E-state index in [9.17, 15) is 14.7 Å². The van der Waals surface area contributed by atoms with E-state index in [2.05, 4.69) is 5.32 Å². The van der Waals surface area contributed by atoms with Crippen molar-refractivity contribution in [2.24, 2.45) is 5.92 Å². The Morgan fingerprint density at radius 2 is 2.20 bits per heavy atom. The van der Waals surface area contributed by atoms with Crippen LogP contribution in [0.5, 0.6) is 0 Å². The fraction of sp³-hybridized carbons (Fsp3) is 0.800. The normalized spacial score (nSPS) is 16.9. The fourth-order valence-electron chi connectivity index (χ4n) is 1.28. The molecule has 0 aromatic carbocycles. The highest BCUT2D eigenvalue weighted by atomic mass is 16.5. The average Bonchev–Trinajstić information content (AvgIpc) is 2.97. The topological polar surface area (TPSA) is 78.5 Å². The van der Waals surface area contributed by atoms with E-state index in [4.69, 9.17) is 4.74 Å². The number of hydrogen-bond acceptors (Lipinski definition) is 4. The van der Waals surface area contributed by atoms with Crippen molar-refractivity contribution in [2.45, 2.75) is 38.6 Å². The molecule has 1 fully saturated rings. The van der Waals surface area contributed by atoms with E-state index in [1.54, 1.807) is 0 Å². The highest BCUT2D eigenvalue weighted by Gasteiger charge is 2.33. The van der Waals surface area contributed by atoms with E-state index in [1.807, 2.05) is 6.92 Å². The minimum Gasteiger partial charge on any atom is -0.548 e. The lowest BCUT2D eigenvalue weighted by atomic mass is 10.2. The number of unbranched alkanes of at least 4 members (excludes halogenated alkanes) is 1. The van der Waals surface area contributed by atoms with Crippen molar-refractivity contribution in [3.05, 3.63) is 0 Å². The predicted octanol–water partition coefficient (Wildman–Crippen LogP) is 0.0412. The highest BCUT2D eigenvalue weighted by Crippen LogP contribution is 2.32. The van der Waals surface area contributed by atoms with Crippen molar-refractivity contribution in [3.63, 3.8) is 0 Å². The molecule has 0 aromatic heterocycles. The van der Waals surface area contributed by atoms with Gasteiger partial charge in [-0.25, -0.2) is 4.79 Å². The number of carboxylic acid groups (broad SMARTS) is 1. The summed E-state index contributed by atoms with van der Waals surface area (Å²) in [6.07, 6.45) is 2.71. The van der Waals surface area contributed by atoms with Crippen LogP contribution in [0.4, 0.5) is 4.79 Å². The van der Waals surface area contributed by atoms with Crippen LogP contribution in [0.25, 0.3) is 0 Å². The summed E-state index contributed by atoms with van der Waals surface area (Å²) in [5, 5.41) is 13.0. The van der Waals surface area contributed by atoms with Crippen LogP contribution in [-0.2, 0) is 9.53 Å². The molecule has 0 bridgehead atoms. The molecule has 5 nitrogen and oxygen atoms in total. The molecule has 0 saturated heterocycles. The lowest BCUT2D eigenvalue weighted by molar-refractivity contribution is -0.308. The number of carboxylic acids is 1. The van der Waals surface area contributed by atoms with E-state index < -0.39 is 18.1 Å². The van der Waals surface area contributed by atoms with Gasteiger partial charge in [-0.15, -0.1) is 0 Å². The zero-order valence-corrected chi connectivity index (χ0v) is 8.82. The van der Waals surface area contributed by atoms with Crippen molar-refractivity contribution < 1.29 is 19.4 Å². The van der Waals surface area contributed by atoms with Crippen LogP contribution >= 0.6 is 0 Å². The molecule has 1 amide bonds. The van der Waals surface area contributed by atoms with Gasteiger partial charge in [0.05, 0.1) is 18.6 Å². The smallest absolute Gasteiger partial charge is 0.407 e. The number of carbonyl (C=O) groups excluding carboxylic acids is 2. The Labute approximate surface area is 88.8 Å². The van der Waals surface area contributed by atoms with Gasteiger partial charge in [0.15, 0.2) is 0 Å². The predicted molar refractivity (Wildman–Crippen MR) is 50.9 cm³/mol. The lowest BCUT2D eigenvalue weighted by Gasteiger charge is -2.18. The summed E-state index contributed by atoms with van der Waals surface area (Å²) in [4.78, 5) is 21.8. The van der Waals surface area contributed by atoms with Gasteiger partial charge in [0.1, 0.15) is 0 Å². The molecule has 1 saturated carbocycles. The molecular formula is C10H16NO4-. The second-order valence-corrected chi connectivity index (χ2v) is 3.77. The van der Waals surface area contributed by atoms with Crippen LogP contribution in [0.3, 0.4) is 0 Å². The third-order valence-electron chi connectivity index (χ3n) is 2.35. The minimum absolute atomic E-state index is 0.0220. The first-order chi connectivity index (χ1) is 7.15. The molecule has 0 heterocycles. The van der Waals surface area contributed by atoms with E-state index in [1.165, 1.54) is 0 Å². The molecule has 0 aromatic rings. The van der Waals surface area contributed by atoms with Gasteiger partial charge in [-0.3, -0.25) is 0 Å². The Bertz CT molecular complexity index is 238. The molecule has 1 aliphatic carbocycles. The van der Waals surface area contributed by atoms with Gasteiger partial charge >= 0.3 is 6.09 Å². The maximum Gasteiger partial charge on any atom is 0.407 e. The standard InChI is InChI=1S/C10H17NO4/c1-2-3-6-15-10(14)11-8(9(12)13)7-4-5-7/h7-8H,2-6H2,1H3,(H,11,14)(H,12,13)/p-1/t8-/m0/s1. The van der Waals surface area contributed by atoms with E-state index >= 15 is 0 Å². The summed E-state index contributed by atoms with van der Waals surface area (Å²) < 4.78 is 4.80. The van der Waals surface area contributed by atoms with Crippen molar-refractivity contribution >= 4 is 12.1 Å². The second kappa shape index (κ2) is 5.58. The molecule has 1 N–H and O–H groups in total. The van der Waals surface area contributed by atoms with E-state index in [-0.39, 0.29) is 5.92 Å². The van der Waals surface area contributed by atoms with Crippen LogP contribution < -0.4 is 10.4 Å². The average molecular weight is 214 g/mol. The summed E-state index contributed by atoms with van der Waals surface area (Å²) >= 11 is 0. The first-order valence-electron chi connectivity index (χ1n) is 5.29. The first kappa shape index (κ1) is 11.8. The molecular weight excluding hydrogens is 198 g/mol. The maximum absolute atomic E-state index is 11.1. The molecule has 1 aliphatic rings. The molecule has 1 atom stereocenters. The largest absolute Gasteiger partial charge is 0.548 e. The first-order valence-corrected chi connectivity index (χ1v) is 5.29. The Morgan fingerprint density at radius 1 is 1.53 bits per heavy atom. The number of hydrogen-bond donors (Lipinski definition) is 1. The van der Waals surface area contributed by atoms with Gasteiger partial charge in [0, 0.05) is 0 Å². The summed E-state index contributed by atoms with van der Waals surface area (Å²) in [5.41, 5.74) is 0. The van der Waals surface area contributed by atoms with Gasteiger partial charge in [-0.2, -0.15) is 0 Å². The van der Waals surface area contributed by atoms with E-state index in [0.29, 0.717) is 6.61 Å². The SMILES string of the molecule is CCCCOC(=O)N[C@H](C(=O)[O-])C1CC1. The molecule has 86 valence electrons. The van der Waals surface area contributed by atoms with Gasteiger partial charge in [-0.1, -0.05) is 13.3 Å². The van der Waals surface area contributed by atoms with Crippen LogP contribution in [0.2, 0.25) is 0 Å². The summed E-state index contributed by atoms with van der Waals surface area (Å²) in [5.74, 6) is -1.21. The monoisotopic (exact) mass is 214 g/mol. The number of nitrogens with one attached hydrogen (secondary N) is 1. The zero-order valence-electron chi connectivity index (χ0n) is 8.82.